The third-order valence-corrected chi connectivity index (χ3v) is 2.79. The largest absolute Gasteiger partial charge is 0.393 e. The van der Waals surface area contributed by atoms with Crippen LogP contribution < -0.4 is 0 Å². The first kappa shape index (κ1) is 12.9. The Bertz CT molecular complexity index is 123. The fourth-order valence-corrected chi connectivity index (χ4v) is 1.35. The minimum atomic E-state index is -0.150. The van der Waals surface area contributed by atoms with E-state index >= 15 is 0 Å². The minimum absolute atomic E-state index is 0.150. The number of nitrogens with zero attached hydrogens (tertiary/aromatic N) is 1. The lowest BCUT2D eigenvalue weighted by Crippen LogP contribution is -2.34. The lowest BCUT2D eigenvalue weighted by atomic mass is 10.0. The fourth-order valence-electron chi connectivity index (χ4n) is 1.35. The first-order valence-electron chi connectivity index (χ1n) is 5.33. The van der Waals surface area contributed by atoms with Crippen LogP contribution in [-0.2, 0) is 0 Å². The summed E-state index contributed by atoms with van der Waals surface area (Å²) in [5, 5.41) is 9.09. The van der Waals surface area contributed by atoms with Crippen LogP contribution in [0.15, 0.2) is 0 Å². The molecule has 0 fully saturated rings. The average Bonchev–Trinajstić information content (AvgIpc) is 2.02. The van der Waals surface area contributed by atoms with Gasteiger partial charge in [-0.25, -0.2) is 0 Å². The van der Waals surface area contributed by atoms with Gasteiger partial charge in [0.15, 0.2) is 0 Å². The molecular weight excluding hydrogens is 162 g/mol. The van der Waals surface area contributed by atoms with Gasteiger partial charge in [0, 0.05) is 6.04 Å². The standard InChI is InChI=1S/C11H25NO/c1-9(2)11(4)12(5)8-6-7-10(3)13/h9-11,13H,6-8H2,1-5H3. The summed E-state index contributed by atoms with van der Waals surface area (Å²) >= 11 is 0. The molecule has 0 aliphatic carbocycles. The van der Waals surface area contributed by atoms with Gasteiger partial charge in [-0.15, -0.1) is 0 Å². The summed E-state index contributed by atoms with van der Waals surface area (Å²) < 4.78 is 0. The monoisotopic (exact) mass is 187 g/mol. The SMILES string of the molecule is CC(O)CCCN(C)C(C)C(C)C. The zero-order valence-corrected chi connectivity index (χ0v) is 9.75. The van der Waals surface area contributed by atoms with E-state index in [2.05, 4.69) is 32.7 Å². The summed E-state index contributed by atoms with van der Waals surface area (Å²) in [5.41, 5.74) is 0. The third kappa shape index (κ3) is 6.05. The fraction of sp³-hybridized carbons (Fsp3) is 1.00. The van der Waals surface area contributed by atoms with Crippen molar-refractivity contribution in [2.75, 3.05) is 13.6 Å². The lowest BCUT2D eigenvalue weighted by Gasteiger charge is -2.27. The highest BCUT2D eigenvalue weighted by atomic mass is 16.3. The lowest BCUT2D eigenvalue weighted by molar-refractivity contribution is 0.160. The van der Waals surface area contributed by atoms with Crippen LogP contribution in [0.5, 0.6) is 0 Å². The van der Waals surface area contributed by atoms with Crippen molar-refractivity contribution < 1.29 is 5.11 Å². The van der Waals surface area contributed by atoms with Crippen LogP contribution >= 0.6 is 0 Å². The van der Waals surface area contributed by atoms with Gasteiger partial charge in [-0.05, 0) is 46.2 Å². The van der Waals surface area contributed by atoms with Gasteiger partial charge in [0.25, 0.3) is 0 Å². The maximum Gasteiger partial charge on any atom is 0.0512 e. The zero-order valence-electron chi connectivity index (χ0n) is 9.75. The van der Waals surface area contributed by atoms with Crippen LogP contribution in [0, 0.1) is 5.92 Å². The molecule has 0 amide bonds. The molecule has 0 radical (unpaired) electrons. The molecule has 0 bridgehead atoms. The number of aliphatic hydroxyl groups excluding tert-OH is 1. The van der Waals surface area contributed by atoms with Crippen LogP contribution in [0.3, 0.4) is 0 Å². The Morgan fingerprint density at radius 2 is 1.69 bits per heavy atom. The maximum atomic E-state index is 9.09. The highest BCUT2D eigenvalue weighted by Crippen LogP contribution is 2.09. The Labute approximate surface area is 82.9 Å². The van der Waals surface area contributed by atoms with Gasteiger partial charge in [-0.1, -0.05) is 13.8 Å². The molecule has 0 saturated heterocycles. The molecule has 0 heterocycles. The average molecular weight is 187 g/mol. The van der Waals surface area contributed by atoms with Crippen LogP contribution in [-0.4, -0.2) is 35.7 Å². The van der Waals surface area contributed by atoms with Gasteiger partial charge in [0.1, 0.15) is 0 Å². The number of aliphatic hydroxyl groups is 1. The molecule has 0 aliphatic rings. The topological polar surface area (TPSA) is 23.5 Å². The van der Waals surface area contributed by atoms with Crippen LogP contribution in [0.4, 0.5) is 0 Å². The van der Waals surface area contributed by atoms with Gasteiger partial charge >= 0.3 is 0 Å². The second-order valence-electron chi connectivity index (χ2n) is 4.46. The normalized spacial score (nSPS) is 16.6. The van der Waals surface area contributed by atoms with Crippen molar-refractivity contribution in [3.05, 3.63) is 0 Å². The summed E-state index contributed by atoms with van der Waals surface area (Å²) in [6.45, 7) is 9.69. The van der Waals surface area contributed by atoms with Crippen molar-refractivity contribution in [2.24, 2.45) is 5.92 Å². The third-order valence-electron chi connectivity index (χ3n) is 2.79. The van der Waals surface area contributed by atoms with Crippen molar-refractivity contribution in [1.29, 1.82) is 0 Å². The van der Waals surface area contributed by atoms with E-state index in [4.69, 9.17) is 5.11 Å². The van der Waals surface area contributed by atoms with Crippen LogP contribution in [0.1, 0.15) is 40.5 Å². The molecular formula is C11H25NO. The van der Waals surface area contributed by atoms with Crippen molar-refractivity contribution >= 4 is 0 Å². The Kier molecular flexibility index (Phi) is 6.35. The molecule has 1 N–H and O–H groups in total. The molecule has 2 atom stereocenters. The maximum absolute atomic E-state index is 9.09. The van der Waals surface area contributed by atoms with E-state index in [0.29, 0.717) is 12.0 Å². The van der Waals surface area contributed by atoms with Gasteiger partial charge in [-0.3, -0.25) is 0 Å². The number of hydrogen-bond acceptors (Lipinski definition) is 2. The first-order chi connectivity index (χ1) is 5.95. The van der Waals surface area contributed by atoms with E-state index in [1.165, 1.54) is 0 Å². The molecule has 0 spiro atoms. The molecule has 0 aliphatic heterocycles. The molecule has 2 unspecified atom stereocenters. The summed E-state index contributed by atoms with van der Waals surface area (Å²) in [4.78, 5) is 2.37. The first-order valence-corrected chi connectivity index (χ1v) is 5.33. The Morgan fingerprint density at radius 1 is 1.15 bits per heavy atom. The summed E-state index contributed by atoms with van der Waals surface area (Å²) in [7, 11) is 2.16. The van der Waals surface area contributed by atoms with Crippen LogP contribution in [0.2, 0.25) is 0 Å². The summed E-state index contributed by atoms with van der Waals surface area (Å²) in [5.74, 6) is 0.705. The van der Waals surface area contributed by atoms with E-state index in [1.54, 1.807) is 0 Å². The smallest absolute Gasteiger partial charge is 0.0512 e. The molecule has 2 nitrogen and oxygen atoms in total. The molecule has 0 aromatic carbocycles. The minimum Gasteiger partial charge on any atom is -0.393 e. The quantitative estimate of drug-likeness (QED) is 0.688. The Morgan fingerprint density at radius 3 is 2.08 bits per heavy atom. The zero-order chi connectivity index (χ0) is 10.4. The van der Waals surface area contributed by atoms with E-state index in [-0.39, 0.29) is 6.10 Å². The molecule has 0 saturated carbocycles. The van der Waals surface area contributed by atoms with E-state index in [9.17, 15) is 0 Å². The van der Waals surface area contributed by atoms with Crippen molar-refractivity contribution in [3.8, 4) is 0 Å². The predicted octanol–water partition coefficient (Wildman–Crippen LogP) is 2.12. The van der Waals surface area contributed by atoms with Crippen molar-refractivity contribution in [3.63, 3.8) is 0 Å². The van der Waals surface area contributed by atoms with Gasteiger partial charge in [0.2, 0.25) is 0 Å². The molecule has 2 heteroatoms. The summed E-state index contributed by atoms with van der Waals surface area (Å²) in [6, 6.07) is 0.633. The molecule has 0 aromatic rings. The molecule has 13 heavy (non-hydrogen) atoms. The highest BCUT2D eigenvalue weighted by Gasteiger charge is 2.12. The van der Waals surface area contributed by atoms with Gasteiger partial charge in [0.05, 0.1) is 6.10 Å². The predicted molar refractivity (Wildman–Crippen MR) is 57.8 cm³/mol. The molecule has 0 rings (SSSR count). The Balaban J connectivity index is 3.55. The second-order valence-corrected chi connectivity index (χ2v) is 4.46. The van der Waals surface area contributed by atoms with Crippen LogP contribution in [0.25, 0.3) is 0 Å². The molecule has 80 valence electrons. The van der Waals surface area contributed by atoms with Gasteiger partial charge < -0.3 is 10.0 Å². The summed E-state index contributed by atoms with van der Waals surface area (Å²) in [6.07, 6.45) is 1.85. The Hall–Kier alpha value is -0.0800. The van der Waals surface area contributed by atoms with Gasteiger partial charge in [-0.2, -0.15) is 0 Å². The van der Waals surface area contributed by atoms with Crippen molar-refractivity contribution in [2.45, 2.75) is 52.7 Å². The van der Waals surface area contributed by atoms with E-state index < -0.39 is 0 Å². The molecule has 0 aromatic heterocycles. The number of rotatable bonds is 6. The van der Waals surface area contributed by atoms with E-state index in [0.717, 1.165) is 19.4 Å². The highest BCUT2D eigenvalue weighted by molar-refractivity contribution is 4.66. The van der Waals surface area contributed by atoms with E-state index in [1.807, 2.05) is 6.92 Å². The number of hydrogen-bond donors (Lipinski definition) is 1. The van der Waals surface area contributed by atoms with Crippen molar-refractivity contribution in [1.82, 2.24) is 4.90 Å². The second kappa shape index (κ2) is 6.39.